The maximum atomic E-state index is 12.9. The summed E-state index contributed by atoms with van der Waals surface area (Å²) in [5.41, 5.74) is 0.800. The summed E-state index contributed by atoms with van der Waals surface area (Å²) in [4.78, 5) is 14.0. The SMILES string of the molecule is O=C(CN1CCN(S(=O)(=O)c2cccc(Cl)c2Cl)CC1)NCc1ccc(F)cc1. The molecule has 156 valence electrons. The summed E-state index contributed by atoms with van der Waals surface area (Å²) in [6.07, 6.45) is 0. The van der Waals surface area contributed by atoms with Crippen molar-refractivity contribution in [1.82, 2.24) is 14.5 Å². The molecule has 1 amide bonds. The molecular formula is C19H20Cl2FN3O3S. The molecule has 0 aliphatic carbocycles. The molecule has 0 aromatic heterocycles. The van der Waals surface area contributed by atoms with E-state index in [0.717, 1.165) is 5.56 Å². The fraction of sp³-hybridized carbons (Fsp3) is 0.316. The molecule has 3 rings (SSSR count). The molecule has 29 heavy (non-hydrogen) atoms. The van der Waals surface area contributed by atoms with Gasteiger partial charge in [0.05, 0.1) is 16.6 Å². The summed E-state index contributed by atoms with van der Waals surface area (Å²) in [5.74, 6) is -0.504. The Morgan fingerprint density at radius 1 is 1.03 bits per heavy atom. The first-order valence-electron chi connectivity index (χ1n) is 8.95. The average Bonchev–Trinajstić information content (AvgIpc) is 2.70. The van der Waals surface area contributed by atoms with E-state index in [0.29, 0.717) is 19.6 Å². The normalized spacial score (nSPS) is 16.0. The monoisotopic (exact) mass is 459 g/mol. The molecule has 10 heteroatoms. The molecule has 0 bridgehead atoms. The van der Waals surface area contributed by atoms with Gasteiger partial charge in [0.15, 0.2) is 0 Å². The Bertz CT molecular complexity index is 979. The molecule has 0 saturated carbocycles. The van der Waals surface area contributed by atoms with Crippen molar-refractivity contribution >= 4 is 39.1 Å². The number of hydrogen-bond donors (Lipinski definition) is 1. The van der Waals surface area contributed by atoms with Crippen LogP contribution in [0.25, 0.3) is 0 Å². The zero-order valence-electron chi connectivity index (χ0n) is 15.4. The second-order valence-corrected chi connectivity index (χ2v) is 9.33. The van der Waals surface area contributed by atoms with E-state index in [1.807, 2.05) is 4.90 Å². The van der Waals surface area contributed by atoms with Crippen molar-refractivity contribution in [2.45, 2.75) is 11.4 Å². The highest BCUT2D eigenvalue weighted by molar-refractivity contribution is 7.89. The molecule has 2 aromatic rings. The van der Waals surface area contributed by atoms with Gasteiger partial charge in [0.25, 0.3) is 0 Å². The highest BCUT2D eigenvalue weighted by atomic mass is 35.5. The van der Waals surface area contributed by atoms with Crippen molar-refractivity contribution < 1.29 is 17.6 Å². The van der Waals surface area contributed by atoms with Crippen LogP contribution in [0.15, 0.2) is 47.4 Å². The van der Waals surface area contributed by atoms with E-state index in [1.165, 1.54) is 28.6 Å². The van der Waals surface area contributed by atoms with Crippen LogP contribution in [0.5, 0.6) is 0 Å². The third-order valence-electron chi connectivity index (χ3n) is 4.64. The highest BCUT2D eigenvalue weighted by Gasteiger charge is 2.31. The highest BCUT2D eigenvalue weighted by Crippen LogP contribution is 2.31. The Balaban J connectivity index is 1.51. The van der Waals surface area contributed by atoms with E-state index in [2.05, 4.69) is 5.32 Å². The summed E-state index contributed by atoms with van der Waals surface area (Å²) < 4.78 is 39.9. The van der Waals surface area contributed by atoms with Gasteiger partial charge in [0, 0.05) is 32.7 Å². The first-order chi connectivity index (χ1) is 13.8. The number of sulfonamides is 1. The van der Waals surface area contributed by atoms with E-state index < -0.39 is 10.0 Å². The van der Waals surface area contributed by atoms with Crippen molar-refractivity contribution in [2.24, 2.45) is 0 Å². The molecule has 1 N–H and O–H groups in total. The fourth-order valence-corrected chi connectivity index (χ4v) is 5.17. The molecule has 1 saturated heterocycles. The van der Waals surface area contributed by atoms with Crippen LogP contribution in [0.1, 0.15) is 5.56 Å². The predicted octanol–water partition coefficient (Wildman–Crippen LogP) is 2.76. The number of piperazine rings is 1. The lowest BCUT2D eigenvalue weighted by atomic mass is 10.2. The van der Waals surface area contributed by atoms with E-state index >= 15 is 0 Å². The van der Waals surface area contributed by atoms with Crippen LogP contribution in [-0.4, -0.2) is 56.3 Å². The Morgan fingerprint density at radius 2 is 1.69 bits per heavy atom. The molecule has 6 nitrogen and oxygen atoms in total. The number of nitrogens with one attached hydrogen (secondary N) is 1. The molecule has 0 spiro atoms. The summed E-state index contributed by atoms with van der Waals surface area (Å²) in [6, 6.07) is 10.4. The van der Waals surface area contributed by atoms with Crippen LogP contribution in [0, 0.1) is 5.82 Å². The van der Waals surface area contributed by atoms with Gasteiger partial charge in [-0.1, -0.05) is 41.4 Å². The summed E-state index contributed by atoms with van der Waals surface area (Å²) in [7, 11) is -3.76. The number of rotatable bonds is 6. The Morgan fingerprint density at radius 3 is 2.34 bits per heavy atom. The number of nitrogens with zero attached hydrogens (tertiary/aromatic N) is 2. The molecular weight excluding hydrogens is 440 g/mol. The third kappa shape index (κ3) is 5.46. The van der Waals surface area contributed by atoms with Crippen LogP contribution >= 0.6 is 23.2 Å². The topological polar surface area (TPSA) is 69.7 Å². The first kappa shape index (κ1) is 22.0. The van der Waals surface area contributed by atoms with Crippen LogP contribution in [0.4, 0.5) is 4.39 Å². The lowest BCUT2D eigenvalue weighted by Gasteiger charge is -2.33. The second-order valence-electron chi connectivity index (χ2n) is 6.64. The van der Waals surface area contributed by atoms with Gasteiger partial charge in [-0.25, -0.2) is 12.8 Å². The fourth-order valence-electron chi connectivity index (χ4n) is 3.01. The summed E-state index contributed by atoms with van der Waals surface area (Å²) in [6.45, 7) is 1.79. The molecule has 2 aromatic carbocycles. The molecule has 1 heterocycles. The molecule has 1 fully saturated rings. The van der Waals surface area contributed by atoms with Crippen LogP contribution in [0.2, 0.25) is 10.0 Å². The van der Waals surface area contributed by atoms with Gasteiger partial charge in [-0.05, 0) is 29.8 Å². The maximum absolute atomic E-state index is 12.9. The Hall–Kier alpha value is -1.71. The number of amides is 1. The number of carbonyl (C=O) groups excluding carboxylic acids is 1. The van der Waals surface area contributed by atoms with Gasteiger partial charge in [0.2, 0.25) is 15.9 Å². The minimum atomic E-state index is -3.76. The van der Waals surface area contributed by atoms with Gasteiger partial charge in [-0.15, -0.1) is 0 Å². The van der Waals surface area contributed by atoms with Crippen LogP contribution < -0.4 is 5.32 Å². The van der Waals surface area contributed by atoms with Crippen molar-refractivity contribution in [3.63, 3.8) is 0 Å². The van der Waals surface area contributed by atoms with Crippen molar-refractivity contribution in [1.29, 1.82) is 0 Å². The molecule has 1 aliphatic rings. The predicted molar refractivity (Wildman–Crippen MR) is 110 cm³/mol. The third-order valence-corrected chi connectivity index (χ3v) is 7.51. The van der Waals surface area contributed by atoms with Crippen molar-refractivity contribution in [3.05, 3.63) is 63.9 Å². The minimum absolute atomic E-state index is 0.0109. The largest absolute Gasteiger partial charge is 0.351 e. The van der Waals surface area contributed by atoms with Crippen molar-refractivity contribution in [3.8, 4) is 0 Å². The maximum Gasteiger partial charge on any atom is 0.244 e. The molecule has 0 radical (unpaired) electrons. The van der Waals surface area contributed by atoms with Gasteiger partial charge in [-0.3, -0.25) is 9.69 Å². The van der Waals surface area contributed by atoms with E-state index in [9.17, 15) is 17.6 Å². The van der Waals surface area contributed by atoms with E-state index in [4.69, 9.17) is 23.2 Å². The van der Waals surface area contributed by atoms with E-state index in [1.54, 1.807) is 18.2 Å². The number of carbonyl (C=O) groups is 1. The Kier molecular flexibility index (Phi) is 7.13. The van der Waals surface area contributed by atoms with Crippen LogP contribution in [0.3, 0.4) is 0 Å². The average molecular weight is 460 g/mol. The second kappa shape index (κ2) is 9.40. The first-order valence-corrected chi connectivity index (χ1v) is 11.1. The molecule has 0 unspecified atom stereocenters. The van der Waals surface area contributed by atoms with Gasteiger partial charge >= 0.3 is 0 Å². The summed E-state index contributed by atoms with van der Waals surface area (Å²) in [5, 5.41) is 2.98. The molecule has 1 aliphatic heterocycles. The summed E-state index contributed by atoms with van der Waals surface area (Å²) >= 11 is 12.0. The number of benzene rings is 2. The lowest BCUT2D eigenvalue weighted by Crippen LogP contribution is -2.51. The van der Waals surface area contributed by atoms with E-state index in [-0.39, 0.29) is 46.3 Å². The van der Waals surface area contributed by atoms with Crippen molar-refractivity contribution in [2.75, 3.05) is 32.7 Å². The van der Waals surface area contributed by atoms with Gasteiger partial charge < -0.3 is 5.32 Å². The van der Waals surface area contributed by atoms with Crippen LogP contribution in [-0.2, 0) is 21.4 Å². The number of halogens is 3. The van der Waals surface area contributed by atoms with Gasteiger partial charge in [0.1, 0.15) is 10.7 Å². The number of hydrogen-bond acceptors (Lipinski definition) is 4. The minimum Gasteiger partial charge on any atom is -0.351 e. The smallest absolute Gasteiger partial charge is 0.244 e. The zero-order valence-corrected chi connectivity index (χ0v) is 17.8. The molecule has 0 atom stereocenters. The standard InChI is InChI=1S/C19H20Cl2FN3O3S/c20-16-2-1-3-17(19(16)21)29(27,28)25-10-8-24(9-11-25)13-18(26)23-12-14-4-6-15(22)7-5-14/h1-7H,8-13H2,(H,23,26). The van der Waals surface area contributed by atoms with Gasteiger partial charge in [-0.2, -0.15) is 4.31 Å². The lowest BCUT2D eigenvalue weighted by molar-refractivity contribution is -0.122. The quantitative estimate of drug-likeness (QED) is 0.720. The zero-order chi connectivity index (χ0) is 21.0. The Labute approximate surface area is 179 Å².